The zero-order valence-corrected chi connectivity index (χ0v) is 13.2. The first-order chi connectivity index (χ1) is 5.12. The summed E-state index contributed by atoms with van der Waals surface area (Å²) >= 11 is -3.06. The molecule has 0 aliphatic rings. The predicted molar refractivity (Wildman–Crippen MR) is 59.0 cm³/mol. The van der Waals surface area contributed by atoms with Gasteiger partial charge in [-0.1, -0.05) is 13.1 Å². The topological polar surface area (TPSA) is 52.0 Å². The fourth-order valence-corrected chi connectivity index (χ4v) is 0.250. The summed E-state index contributed by atoms with van der Waals surface area (Å²) in [7, 11) is 18.9. The molecule has 0 heterocycles. The molecule has 0 atom stereocenters. The molecule has 12 heavy (non-hydrogen) atoms. The Morgan fingerprint density at radius 2 is 1.17 bits per heavy atom. The van der Waals surface area contributed by atoms with E-state index in [1.165, 1.54) is 0 Å². The van der Waals surface area contributed by atoms with Crippen molar-refractivity contribution in [3.63, 3.8) is 0 Å². The summed E-state index contributed by atoms with van der Waals surface area (Å²) < 4.78 is 0. The third-order valence-electron chi connectivity index (χ3n) is 1.11. The van der Waals surface area contributed by atoms with Crippen LogP contribution in [0.2, 0.25) is 13.1 Å². The van der Waals surface area contributed by atoms with Gasteiger partial charge in [0.05, 0.1) is 8.07 Å². The van der Waals surface area contributed by atoms with Crippen LogP contribution in [0.1, 0.15) is 0 Å². The molecule has 0 rings (SSSR count). The van der Waals surface area contributed by atoms with Crippen molar-refractivity contribution in [3.8, 4) is 0 Å². The Bertz CT molecular complexity index is 106. The van der Waals surface area contributed by atoms with E-state index in [2.05, 4.69) is 13.1 Å². The zero-order valence-electron chi connectivity index (χ0n) is 6.90. The monoisotopic (exact) mass is 453 g/mol. The Morgan fingerprint density at radius 3 is 1.17 bits per heavy atom. The van der Waals surface area contributed by atoms with Gasteiger partial charge >= 0.3 is 49.6 Å². The van der Waals surface area contributed by atoms with Crippen LogP contribution in [-0.2, 0) is 11.9 Å². The molecule has 0 aromatic heterocycles. The van der Waals surface area contributed by atoms with E-state index in [9.17, 15) is 0 Å². The molecule has 2 nitrogen and oxygen atoms in total. The SMILES string of the molecule is C[Si](C)(CN)CN.[Cl][Pt]([Cl])([Cl])[Cl]. The van der Waals surface area contributed by atoms with Crippen LogP contribution in [-0.4, -0.2) is 20.4 Å². The van der Waals surface area contributed by atoms with Crippen molar-refractivity contribution in [1.29, 1.82) is 0 Å². The van der Waals surface area contributed by atoms with Crippen LogP contribution in [0.15, 0.2) is 0 Å². The molecule has 0 aromatic rings. The Balaban J connectivity index is 0. The van der Waals surface area contributed by atoms with Crippen LogP contribution in [0.4, 0.5) is 0 Å². The summed E-state index contributed by atoms with van der Waals surface area (Å²) in [5.74, 6) is 0. The molecule has 0 fully saturated rings. The molecule has 0 aromatic carbocycles. The standard InChI is InChI=1S/C4H14N2Si.4ClH.Pt/c1-7(2,3-5)4-6;;;;;/h3-6H2,1-2H3;4*1H;/q;;;;;+4/p-4. The molecule has 0 aliphatic carbocycles. The molecule has 0 spiro atoms. The molecule has 0 aliphatic heterocycles. The van der Waals surface area contributed by atoms with Gasteiger partial charge in [-0.15, -0.1) is 0 Å². The molecular weight excluding hydrogens is 441 g/mol. The third kappa shape index (κ3) is 22.7. The van der Waals surface area contributed by atoms with Gasteiger partial charge in [0.1, 0.15) is 0 Å². The van der Waals surface area contributed by atoms with Gasteiger partial charge in [-0.3, -0.25) is 0 Å². The van der Waals surface area contributed by atoms with Gasteiger partial charge in [-0.25, -0.2) is 0 Å². The Hall–Kier alpha value is 1.99. The first-order valence-corrected chi connectivity index (χ1v) is 17.7. The Kier molecular flexibility index (Phi) is 9.99. The summed E-state index contributed by atoms with van der Waals surface area (Å²) in [4.78, 5) is 0. The number of hydrogen-bond donors (Lipinski definition) is 2. The van der Waals surface area contributed by atoms with Crippen LogP contribution in [0.25, 0.3) is 0 Å². The van der Waals surface area contributed by atoms with Crippen molar-refractivity contribution in [2.24, 2.45) is 11.5 Å². The summed E-state index contributed by atoms with van der Waals surface area (Å²) in [6.07, 6.45) is 1.62. The maximum atomic E-state index is 5.40. The van der Waals surface area contributed by atoms with Crippen LogP contribution >= 0.6 is 37.7 Å². The van der Waals surface area contributed by atoms with E-state index in [-0.39, 0.29) is 0 Å². The number of hydrogen-bond acceptors (Lipinski definition) is 2. The van der Waals surface area contributed by atoms with E-state index in [1.54, 1.807) is 0 Å². The average Bonchev–Trinajstić information content (AvgIpc) is 1.85. The van der Waals surface area contributed by atoms with Crippen LogP contribution in [0.5, 0.6) is 0 Å². The maximum absolute atomic E-state index is 5.40. The molecule has 0 unspecified atom stereocenters. The van der Waals surface area contributed by atoms with Crippen molar-refractivity contribution in [2.75, 3.05) is 12.3 Å². The van der Waals surface area contributed by atoms with Crippen molar-refractivity contribution in [1.82, 2.24) is 0 Å². The summed E-state index contributed by atoms with van der Waals surface area (Å²) in [6.45, 7) is 4.38. The minimum absolute atomic E-state index is 0.809. The van der Waals surface area contributed by atoms with E-state index >= 15 is 0 Å². The fourth-order valence-electron chi connectivity index (χ4n) is 0.0833. The van der Waals surface area contributed by atoms with Gasteiger partial charge in [0.25, 0.3) is 0 Å². The molecule has 0 amide bonds. The molecule has 8 heteroatoms. The van der Waals surface area contributed by atoms with Crippen LogP contribution in [0, 0.1) is 0 Å². The van der Waals surface area contributed by atoms with Crippen molar-refractivity contribution in [2.45, 2.75) is 13.1 Å². The molecule has 82 valence electrons. The quantitative estimate of drug-likeness (QED) is 0.629. The number of halogens is 4. The van der Waals surface area contributed by atoms with Gasteiger partial charge in [-0.2, -0.15) is 0 Å². The summed E-state index contributed by atoms with van der Waals surface area (Å²) in [5, 5.41) is 0. The second-order valence-corrected chi connectivity index (χ2v) is 27.7. The molecule has 4 N–H and O–H groups in total. The zero-order chi connectivity index (χ0) is 10.4. The molecular formula is C4H14Cl4N2PtSi. The van der Waals surface area contributed by atoms with Gasteiger partial charge in [0.2, 0.25) is 0 Å². The average molecular weight is 455 g/mol. The van der Waals surface area contributed by atoms with E-state index in [1.807, 2.05) is 0 Å². The van der Waals surface area contributed by atoms with Gasteiger partial charge in [0.15, 0.2) is 0 Å². The first-order valence-electron chi connectivity index (χ1n) is 3.00. The van der Waals surface area contributed by atoms with E-state index in [0.29, 0.717) is 0 Å². The second-order valence-electron chi connectivity index (χ2n) is 2.84. The van der Waals surface area contributed by atoms with Gasteiger partial charge in [-0.05, 0) is 12.3 Å². The molecule has 0 saturated carbocycles. The summed E-state index contributed by atoms with van der Waals surface area (Å²) in [6, 6.07) is 0. The molecule has 0 radical (unpaired) electrons. The van der Waals surface area contributed by atoms with E-state index < -0.39 is 20.0 Å². The molecule has 0 saturated heterocycles. The Morgan fingerprint density at radius 1 is 1.00 bits per heavy atom. The van der Waals surface area contributed by atoms with Crippen LogP contribution < -0.4 is 11.5 Å². The number of nitrogens with two attached hydrogens (primary N) is 2. The van der Waals surface area contributed by atoms with E-state index in [4.69, 9.17) is 49.1 Å². The van der Waals surface area contributed by atoms with E-state index in [0.717, 1.165) is 12.3 Å². The van der Waals surface area contributed by atoms with Gasteiger partial charge < -0.3 is 11.5 Å². The van der Waals surface area contributed by atoms with Crippen molar-refractivity contribution >= 4 is 45.7 Å². The van der Waals surface area contributed by atoms with Crippen molar-refractivity contribution in [3.05, 3.63) is 0 Å². The predicted octanol–water partition coefficient (Wildman–Crippen LogP) is 2.45. The van der Waals surface area contributed by atoms with Crippen LogP contribution in [0.3, 0.4) is 0 Å². The number of rotatable bonds is 2. The normalized spacial score (nSPS) is 13.3. The van der Waals surface area contributed by atoms with Crippen molar-refractivity contribution < 1.29 is 11.9 Å². The fraction of sp³-hybridized carbons (Fsp3) is 1.00. The van der Waals surface area contributed by atoms with Gasteiger partial charge in [0, 0.05) is 0 Å². The first kappa shape index (κ1) is 16.4. The molecule has 0 bridgehead atoms. The second kappa shape index (κ2) is 7.30. The third-order valence-corrected chi connectivity index (χ3v) is 3.32. The summed E-state index contributed by atoms with van der Waals surface area (Å²) in [5.41, 5.74) is 10.8. The Labute approximate surface area is 93.8 Å². The minimum atomic E-state index is -3.06.